The lowest BCUT2D eigenvalue weighted by Crippen LogP contribution is -1.94. The fraction of sp³-hybridized carbons (Fsp3) is 0.0556. The average Bonchev–Trinajstić information content (AvgIpc) is 3.40. The van der Waals surface area contributed by atoms with Crippen LogP contribution in [-0.4, -0.2) is 21.1 Å². The van der Waals surface area contributed by atoms with E-state index in [1.807, 2.05) is 18.2 Å². The van der Waals surface area contributed by atoms with E-state index in [-0.39, 0.29) is 6.61 Å². The van der Waals surface area contributed by atoms with Crippen LogP contribution in [0.5, 0.6) is 5.75 Å². The highest BCUT2D eigenvalue weighted by Crippen LogP contribution is 2.19. The second-order valence-electron chi connectivity index (χ2n) is 5.44. The van der Waals surface area contributed by atoms with Gasteiger partial charge >= 0.3 is 0 Å². The Balaban J connectivity index is 1.47. The van der Waals surface area contributed by atoms with E-state index in [1.54, 1.807) is 42.8 Å². The molecular weight excluding hydrogens is 388 g/mol. The molecule has 0 spiro atoms. The van der Waals surface area contributed by atoms with Crippen molar-refractivity contribution in [2.45, 2.75) is 6.61 Å². The first-order valence-corrected chi connectivity index (χ1v) is 8.70. The molecule has 1 N–H and O–H groups in total. The Hall–Kier alpha value is -3.10. The number of H-pyrrole nitrogens is 1. The van der Waals surface area contributed by atoms with Crippen molar-refractivity contribution in [3.05, 3.63) is 76.1 Å². The quantitative estimate of drug-likeness (QED) is 0.367. The van der Waals surface area contributed by atoms with Gasteiger partial charge < -0.3 is 13.6 Å². The van der Waals surface area contributed by atoms with E-state index in [4.69, 9.17) is 37.4 Å². The molecule has 0 aliphatic heterocycles. The number of ether oxygens (including phenoxy) is 1. The zero-order valence-electron chi connectivity index (χ0n) is 13.8. The summed E-state index contributed by atoms with van der Waals surface area (Å²) >= 11 is 11.1. The van der Waals surface area contributed by atoms with Gasteiger partial charge in [-0.05, 0) is 54.7 Å². The van der Waals surface area contributed by atoms with E-state index < -0.39 is 0 Å². The van der Waals surface area contributed by atoms with Gasteiger partial charge in [-0.15, -0.1) is 5.10 Å². The maximum absolute atomic E-state index is 5.94. The normalized spacial score (nSPS) is 11.3. The van der Waals surface area contributed by atoms with Crippen LogP contribution in [0, 0.1) is 4.77 Å². The van der Waals surface area contributed by atoms with Crippen molar-refractivity contribution in [1.82, 2.24) is 14.9 Å². The van der Waals surface area contributed by atoms with E-state index in [0.717, 1.165) is 0 Å². The van der Waals surface area contributed by atoms with Gasteiger partial charge in [0.25, 0.3) is 0 Å². The molecule has 4 rings (SSSR count). The van der Waals surface area contributed by atoms with Crippen LogP contribution in [-0.2, 0) is 6.61 Å². The molecule has 9 heteroatoms. The number of halogens is 1. The number of aromatic nitrogens is 3. The van der Waals surface area contributed by atoms with Gasteiger partial charge in [0, 0.05) is 5.02 Å². The minimum atomic E-state index is 0.275. The van der Waals surface area contributed by atoms with Crippen LogP contribution in [0.15, 0.2) is 68.7 Å². The average molecular weight is 401 g/mol. The van der Waals surface area contributed by atoms with Crippen LogP contribution in [0.3, 0.4) is 0 Å². The molecule has 1 aromatic carbocycles. The maximum Gasteiger partial charge on any atom is 0.219 e. The standard InChI is InChI=1S/C18H13ClN4O3S/c19-12-3-1-4-13(9-12)25-11-15-7-6-14(26-15)10-20-23-17(21-22-18(23)27)16-5-2-8-24-16/h1-10H,11H2,(H,22,27). The van der Waals surface area contributed by atoms with E-state index in [0.29, 0.717) is 38.6 Å². The van der Waals surface area contributed by atoms with Crippen LogP contribution in [0.2, 0.25) is 5.02 Å². The second kappa shape index (κ2) is 7.65. The molecule has 4 aromatic rings. The fourth-order valence-corrected chi connectivity index (χ4v) is 2.69. The zero-order valence-corrected chi connectivity index (χ0v) is 15.4. The van der Waals surface area contributed by atoms with E-state index in [1.165, 1.54) is 4.68 Å². The molecular formula is C18H13ClN4O3S. The van der Waals surface area contributed by atoms with Gasteiger partial charge in [-0.2, -0.15) is 9.78 Å². The summed E-state index contributed by atoms with van der Waals surface area (Å²) in [5.41, 5.74) is 0. The largest absolute Gasteiger partial charge is 0.486 e. The molecule has 3 aromatic heterocycles. The summed E-state index contributed by atoms with van der Waals surface area (Å²) in [6, 6.07) is 14.3. The Morgan fingerprint density at radius 1 is 1.26 bits per heavy atom. The number of aromatic amines is 1. The van der Waals surface area contributed by atoms with Crippen molar-refractivity contribution in [2.75, 3.05) is 0 Å². The number of hydrogen-bond acceptors (Lipinski definition) is 6. The van der Waals surface area contributed by atoms with Gasteiger partial charge in [0.05, 0.1) is 12.5 Å². The summed E-state index contributed by atoms with van der Waals surface area (Å²) in [5, 5.41) is 11.7. The van der Waals surface area contributed by atoms with Crippen LogP contribution in [0.1, 0.15) is 11.5 Å². The number of hydrogen-bond donors (Lipinski definition) is 1. The Morgan fingerprint density at radius 3 is 3.00 bits per heavy atom. The predicted octanol–water partition coefficient (Wildman–Crippen LogP) is 4.91. The summed E-state index contributed by atoms with van der Waals surface area (Å²) < 4.78 is 18.5. The first-order valence-electron chi connectivity index (χ1n) is 7.92. The molecule has 3 heterocycles. The van der Waals surface area contributed by atoms with Gasteiger partial charge in [-0.1, -0.05) is 17.7 Å². The van der Waals surface area contributed by atoms with E-state index >= 15 is 0 Å². The van der Waals surface area contributed by atoms with Crippen molar-refractivity contribution < 1.29 is 13.6 Å². The molecule has 136 valence electrons. The number of rotatable bonds is 6. The highest BCUT2D eigenvalue weighted by molar-refractivity contribution is 7.71. The zero-order chi connectivity index (χ0) is 18.6. The summed E-state index contributed by atoms with van der Waals surface area (Å²) in [4.78, 5) is 0. The number of furan rings is 2. The summed E-state index contributed by atoms with van der Waals surface area (Å²) in [7, 11) is 0. The summed E-state index contributed by atoms with van der Waals surface area (Å²) in [6.07, 6.45) is 3.10. The molecule has 0 saturated carbocycles. The van der Waals surface area contributed by atoms with Crippen LogP contribution in [0.25, 0.3) is 11.6 Å². The van der Waals surface area contributed by atoms with Crippen molar-refractivity contribution in [1.29, 1.82) is 0 Å². The molecule has 0 aliphatic rings. The molecule has 0 unspecified atom stereocenters. The van der Waals surface area contributed by atoms with E-state index in [2.05, 4.69) is 15.3 Å². The third-order valence-corrected chi connectivity index (χ3v) is 4.05. The summed E-state index contributed by atoms with van der Waals surface area (Å²) in [5.74, 6) is 2.89. The molecule has 0 atom stereocenters. The third-order valence-electron chi connectivity index (χ3n) is 3.55. The maximum atomic E-state index is 5.94. The lowest BCUT2D eigenvalue weighted by Gasteiger charge is -2.03. The number of nitrogens with one attached hydrogen (secondary N) is 1. The minimum absolute atomic E-state index is 0.275. The van der Waals surface area contributed by atoms with Crippen LogP contribution >= 0.6 is 23.8 Å². The molecule has 0 saturated heterocycles. The lowest BCUT2D eigenvalue weighted by molar-refractivity contribution is 0.270. The van der Waals surface area contributed by atoms with Gasteiger partial charge in [0.1, 0.15) is 23.9 Å². The van der Waals surface area contributed by atoms with E-state index in [9.17, 15) is 0 Å². The highest BCUT2D eigenvalue weighted by Gasteiger charge is 2.10. The third kappa shape index (κ3) is 4.02. The first kappa shape index (κ1) is 17.3. The van der Waals surface area contributed by atoms with Gasteiger partial charge in [-0.3, -0.25) is 0 Å². The lowest BCUT2D eigenvalue weighted by atomic mass is 10.3. The molecule has 7 nitrogen and oxygen atoms in total. The number of nitrogens with zero attached hydrogens (tertiary/aromatic N) is 3. The molecule has 0 aliphatic carbocycles. The molecule has 0 bridgehead atoms. The van der Waals surface area contributed by atoms with Gasteiger partial charge in [0.15, 0.2) is 5.76 Å². The highest BCUT2D eigenvalue weighted by atomic mass is 35.5. The van der Waals surface area contributed by atoms with Gasteiger partial charge in [0.2, 0.25) is 10.6 Å². The second-order valence-corrected chi connectivity index (χ2v) is 6.26. The predicted molar refractivity (Wildman–Crippen MR) is 103 cm³/mol. The number of benzene rings is 1. The van der Waals surface area contributed by atoms with Crippen molar-refractivity contribution >= 4 is 30.0 Å². The first-order chi connectivity index (χ1) is 13.2. The molecule has 0 radical (unpaired) electrons. The topological polar surface area (TPSA) is 81.5 Å². The van der Waals surface area contributed by atoms with Crippen molar-refractivity contribution in [3.8, 4) is 17.3 Å². The fourth-order valence-electron chi connectivity index (χ4n) is 2.33. The van der Waals surface area contributed by atoms with Crippen molar-refractivity contribution in [2.24, 2.45) is 5.10 Å². The Morgan fingerprint density at radius 2 is 2.19 bits per heavy atom. The Labute approximate surface area is 163 Å². The Kier molecular flexibility index (Phi) is 4.91. The van der Waals surface area contributed by atoms with Crippen LogP contribution < -0.4 is 4.74 Å². The molecule has 0 amide bonds. The molecule has 0 fully saturated rings. The van der Waals surface area contributed by atoms with Crippen molar-refractivity contribution in [3.63, 3.8) is 0 Å². The minimum Gasteiger partial charge on any atom is -0.486 e. The van der Waals surface area contributed by atoms with Gasteiger partial charge in [-0.25, -0.2) is 5.10 Å². The Bertz CT molecular complexity index is 1130. The summed E-state index contributed by atoms with van der Waals surface area (Å²) in [6.45, 7) is 0.275. The molecule has 27 heavy (non-hydrogen) atoms. The smallest absolute Gasteiger partial charge is 0.219 e. The monoisotopic (exact) mass is 400 g/mol. The SMILES string of the molecule is S=c1[nH]nc(-c2ccco2)n1N=Cc1ccc(COc2cccc(Cl)c2)o1. The van der Waals surface area contributed by atoms with Crippen LogP contribution in [0.4, 0.5) is 0 Å².